The summed E-state index contributed by atoms with van der Waals surface area (Å²) in [6, 6.07) is 34.1. The normalized spacial score (nSPS) is 14.5. The van der Waals surface area contributed by atoms with Crippen molar-refractivity contribution in [2.75, 3.05) is 4.90 Å². The van der Waals surface area contributed by atoms with E-state index in [9.17, 15) is 0 Å². The van der Waals surface area contributed by atoms with Gasteiger partial charge in [-0.2, -0.15) is 0 Å². The molecule has 0 radical (unpaired) electrons. The van der Waals surface area contributed by atoms with Crippen LogP contribution in [0.15, 0.2) is 102 Å². The Morgan fingerprint density at radius 3 is 1.78 bits per heavy atom. The molecule has 4 aliphatic rings. The molecule has 0 N–H and O–H groups in total. The van der Waals surface area contributed by atoms with Gasteiger partial charge in [0.05, 0.1) is 5.69 Å². The molecule has 0 aliphatic carbocycles. The molecule has 0 spiro atoms. The molecule has 9 rings (SSSR count). The van der Waals surface area contributed by atoms with Gasteiger partial charge >= 0.3 is 0 Å². The summed E-state index contributed by atoms with van der Waals surface area (Å²) in [5.74, 6) is 3.54. The average molecular weight is 477 g/mol. The Kier molecular flexibility index (Phi) is 3.52. The predicted octanol–water partition coefficient (Wildman–Crippen LogP) is 3.32. The molecule has 0 bridgehead atoms. The fraction of sp³-hybridized carbons (Fsp3) is 0. The minimum absolute atomic E-state index is 0.0617. The van der Waals surface area contributed by atoms with Crippen molar-refractivity contribution in [1.82, 2.24) is 0 Å². The van der Waals surface area contributed by atoms with E-state index in [0.717, 1.165) is 33.6 Å². The van der Waals surface area contributed by atoms with Gasteiger partial charge in [0.15, 0.2) is 0 Å². The van der Waals surface area contributed by atoms with Crippen LogP contribution < -0.4 is 47.2 Å². The summed E-state index contributed by atoms with van der Waals surface area (Å²) < 4.78 is 13.2. The number of para-hydroxylation sites is 4. The number of rotatable bonds is 0. The number of hydrogen-bond donors (Lipinski definition) is 1. The van der Waals surface area contributed by atoms with E-state index in [0.29, 0.717) is 0 Å². The third-order valence-electron chi connectivity index (χ3n) is 8.07. The second-order valence-electron chi connectivity index (χ2n) is 9.80. The van der Waals surface area contributed by atoms with Crippen LogP contribution in [0.4, 0.5) is 17.1 Å². The second kappa shape index (κ2) is 6.59. The first kappa shape index (κ1) is 19.2. The van der Waals surface area contributed by atoms with Crippen molar-refractivity contribution in [3.05, 3.63) is 97.1 Å². The molecule has 0 amide bonds. The number of fused-ring (bicyclic) bond motifs is 10. The first-order valence-corrected chi connectivity index (χ1v) is 12.7. The molecule has 0 unspecified atom stereocenters. The Balaban J connectivity index is 1.48. The zero-order valence-electron chi connectivity index (χ0n) is 19.1. The van der Waals surface area contributed by atoms with E-state index in [1.165, 1.54) is 44.2 Å². The number of nitrogens with zero attached hydrogens (tertiary/aromatic N) is 1. The van der Waals surface area contributed by atoms with Crippen molar-refractivity contribution in [2.24, 2.45) is 0 Å². The van der Waals surface area contributed by atoms with Crippen LogP contribution in [0.1, 0.15) is 0 Å². The maximum atomic E-state index is 6.59. The largest absolute Gasteiger partial charge is 0.458 e. The molecule has 4 aliphatic heterocycles. The first-order chi connectivity index (χ1) is 17.8. The molecule has 6 heteroatoms. The molecule has 5 aromatic rings. The smallest absolute Gasteiger partial charge is 0.256 e. The van der Waals surface area contributed by atoms with Gasteiger partial charge in [-0.05, 0) is 57.0 Å². The molecule has 5 aromatic carbocycles. The van der Waals surface area contributed by atoms with E-state index in [1.807, 2.05) is 12.1 Å². The lowest BCUT2D eigenvalue weighted by Gasteiger charge is -2.47. The quantitative estimate of drug-likeness (QED) is 0.268. The maximum absolute atomic E-state index is 6.59. The Bertz CT molecular complexity index is 1780. The highest BCUT2D eigenvalue weighted by Crippen LogP contribution is 2.46. The Morgan fingerprint density at radius 1 is 0.528 bits per heavy atom. The zero-order chi connectivity index (χ0) is 23.5. The summed E-state index contributed by atoms with van der Waals surface area (Å²) in [4.78, 5) is 3.37. The molecular formula is C30H17B2NO2S. The van der Waals surface area contributed by atoms with Crippen molar-refractivity contribution >= 4 is 75.9 Å². The first-order valence-electron chi connectivity index (χ1n) is 12.2. The third-order valence-corrected chi connectivity index (χ3v) is 8.43. The number of anilines is 3. The second-order valence-corrected chi connectivity index (χ2v) is 10.3. The van der Waals surface area contributed by atoms with Crippen molar-refractivity contribution in [3.63, 3.8) is 0 Å². The zero-order valence-corrected chi connectivity index (χ0v) is 20.0. The van der Waals surface area contributed by atoms with Crippen LogP contribution >= 0.6 is 12.6 Å². The van der Waals surface area contributed by atoms with E-state index in [1.54, 1.807) is 0 Å². The van der Waals surface area contributed by atoms with E-state index < -0.39 is 0 Å². The third kappa shape index (κ3) is 2.20. The number of benzene rings is 5. The van der Waals surface area contributed by atoms with Crippen LogP contribution in [-0.2, 0) is 0 Å². The molecule has 0 saturated carbocycles. The van der Waals surface area contributed by atoms with Crippen LogP contribution in [0.3, 0.4) is 0 Å². The number of ether oxygens (including phenoxy) is 2. The highest BCUT2D eigenvalue weighted by Gasteiger charge is 2.50. The molecule has 0 saturated heterocycles. The van der Waals surface area contributed by atoms with Gasteiger partial charge in [-0.1, -0.05) is 66.7 Å². The SMILES string of the molecule is Sc1cccc2c1N1c3ccccc3B3c4ccccc4Oc4cc5c(c1c43)B2c1ccccc1O5. The molecule has 166 valence electrons. The van der Waals surface area contributed by atoms with Crippen LogP contribution in [-0.4, -0.2) is 13.4 Å². The van der Waals surface area contributed by atoms with Gasteiger partial charge in [0, 0.05) is 22.3 Å². The molecule has 0 aromatic heterocycles. The van der Waals surface area contributed by atoms with Gasteiger partial charge in [-0.25, -0.2) is 0 Å². The lowest BCUT2D eigenvalue weighted by Crippen LogP contribution is -2.67. The average Bonchev–Trinajstić information content (AvgIpc) is 2.92. The Labute approximate surface area is 214 Å². The minimum Gasteiger partial charge on any atom is -0.458 e. The lowest BCUT2D eigenvalue weighted by molar-refractivity contribution is 0.465. The standard InChI is InChI=1S/C30H17B2NO2S/c36-26-15-7-11-20-29(26)33-21-12-4-1-8-17(21)31-18-9-2-5-13-22(18)34-24-16-25-28(30(33)27(24)31)32(20)19-10-3-6-14-23(19)35-25/h1-16,36H. The summed E-state index contributed by atoms with van der Waals surface area (Å²) in [6.45, 7) is 0.149. The number of thiol groups is 1. The van der Waals surface area contributed by atoms with E-state index in [4.69, 9.17) is 22.1 Å². The van der Waals surface area contributed by atoms with Gasteiger partial charge < -0.3 is 14.4 Å². The van der Waals surface area contributed by atoms with Crippen molar-refractivity contribution in [3.8, 4) is 23.0 Å². The van der Waals surface area contributed by atoms with Crippen LogP contribution in [0.2, 0.25) is 0 Å². The minimum atomic E-state index is 0.0617. The Morgan fingerprint density at radius 2 is 1.08 bits per heavy atom. The number of hydrogen-bond acceptors (Lipinski definition) is 4. The van der Waals surface area contributed by atoms with Gasteiger partial charge in [-0.15, -0.1) is 12.6 Å². The van der Waals surface area contributed by atoms with Gasteiger partial charge in [0.1, 0.15) is 23.0 Å². The van der Waals surface area contributed by atoms with Crippen molar-refractivity contribution in [1.29, 1.82) is 0 Å². The van der Waals surface area contributed by atoms with Gasteiger partial charge in [0.25, 0.3) is 13.4 Å². The molecule has 4 heterocycles. The van der Waals surface area contributed by atoms with Crippen molar-refractivity contribution < 1.29 is 9.47 Å². The molecule has 3 nitrogen and oxygen atoms in total. The molecule has 0 fully saturated rings. The summed E-state index contributed by atoms with van der Waals surface area (Å²) >= 11 is 5.01. The van der Waals surface area contributed by atoms with Crippen molar-refractivity contribution in [2.45, 2.75) is 4.90 Å². The highest BCUT2D eigenvalue weighted by atomic mass is 32.1. The van der Waals surface area contributed by atoms with Gasteiger partial charge in [-0.3, -0.25) is 0 Å². The maximum Gasteiger partial charge on any atom is 0.256 e. The van der Waals surface area contributed by atoms with Crippen LogP contribution in [0.25, 0.3) is 0 Å². The van der Waals surface area contributed by atoms with Crippen LogP contribution in [0, 0.1) is 0 Å². The fourth-order valence-corrected chi connectivity index (χ4v) is 7.07. The highest BCUT2D eigenvalue weighted by molar-refractivity contribution is 7.80. The Hall–Kier alpha value is -4.02. The summed E-state index contributed by atoms with van der Waals surface area (Å²) in [5.41, 5.74) is 10.8. The topological polar surface area (TPSA) is 21.7 Å². The fourth-order valence-electron chi connectivity index (χ4n) is 6.75. The van der Waals surface area contributed by atoms with E-state index >= 15 is 0 Å². The molecule has 36 heavy (non-hydrogen) atoms. The summed E-state index contributed by atoms with van der Waals surface area (Å²) in [7, 11) is 0. The van der Waals surface area contributed by atoms with Crippen LogP contribution in [0.5, 0.6) is 23.0 Å². The molecule has 0 atom stereocenters. The van der Waals surface area contributed by atoms with Gasteiger partial charge in [0.2, 0.25) is 0 Å². The predicted molar refractivity (Wildman–Crippen MR) is 151 cm³/mol. The van der Waals surface area contributed by atoms with E-state index in [2.05, 4.69) is 89.8 Å². The summed E-state index contributed by atoms with van der Waals surface area (Å²) in [5, 5.41) is 0. The summed E-state index contributed by atoms with van der Waals surface area (Å²) in [6.07, 6.45) is 0. The lowest BCUT2D eigenvalue weighted by atomic mass is 9.29. The van der Waals surface area contributed by atoms with E-state index in [-0.39, 0.29) is 13.4 Å². The monoisotopic (exact) mass is 477 g/mol. The molecular weight excluding hydrogens is 460 g/mol.